The Hall–Kier alpha value is -1.94. The molecule has 2 heterocycles. The second kappa shape index (κ2) is 6.10. The summed E-state index contributed by atoms with van der Waals surface area (Å²) in [6, 6.07) is 26.0. The highest BCUT2D eigenvalue weighted by molar-refractivity contribution is 9.11. The molecule has 0 spiro atoms. The highest BCUT2D eigenvalue weighted by Crippen LogP contribution is 2.49. The maximum Gasteiger partial charge on any atom is 0.0711 e. The van der Waals surface area contributed by atoms with Crippen molar-refractivity contribution in [2.24, 2.45) is 0 Å². The number of thiophene rings is 2. The number of fused-ring (bicyclic) bond motifs is 3. The minimum atomic E-state index is 1.18. The van der Waals surface area contributed by atoms with E-state index in [4.69, 9.17) is 0 Å². The first-order chi connectivity index (χ1) is 12.3. The first-order valence-electron chi connectivity index (χ1n) is 8.06. The first kappa shape index (κ1) is 15.3. The van der Waals surface area contributed by atoms with E-state index >= 15 is 0 Å². The zero-order chi connectivity index (χ0) is 16.8. The van der Waals surface area contributed by atoms with E-state index in [2.05, 4.69) is 94.1 Å². The van der Waals surface area contributed by atoms with Gasteiger partial charge in [-0.2, -0.15) is 0 Å². The smallest absolute Gasteiger partial charge is 0.0711 e. The van der Waals surface area contributed by atoms with Crippen LogP contribution in [0.15, 0.2) is 82.0 Å². The van der Waals surface area contributed by atoms with E-state index in [0.717, 1.165) is 0 Å². The van der Waals surface area contributed by atoms with Crippen molar-refractivity contribution in [1.29, 1.82) is 0 Å². The molecule has 120 valence electrons. The monoisotopic (exact) mass is 420 g/mol. The summed E-state index contributed by atoms with van der Waals surface area (Å²) in [6.07, 6.45) is 0. The van der Waals surface area contributed by atoms with E-state index < -0.39 is 0 Å². The number of hydrogen-bond acceptors (Lipinski definition) is 2. The fraction of sp³-hybridized carbons (Fsp3) is 0. The van der Waals surface area contributed by atoms with Crippen LogP contribution in [0.25, 0.3) is 42.4 Å². The molecule has 2 aromatic heterocycles. The molecular formula is C22H13BrS2. The van der Waals surface area contributed by atoms with Crippen molar-refractivity contribution < 1.29 is 0 Å². The van der Waals surface area contributed by atoms with Crippen LogP contribution in [-0.2, 0) is 0 Å². The second-order valence-corrected chi connectivity index (χ2v) is 9.29. The van der Waals surface area contributed by atoms with Gasteiger partial charge in [0.1, 0.15) is 0 Å². The molecule has 0 unspecified atom stereocenters. The minimum absolute atomic E-state index is 1.18. The topological polar surface area (TPSA) is 0 Å². The molecule has 0 radical (unpaired) electrons. The third-order valence-corrected chi connectivity index (χ3v) is 7.07. The van der Waals surface area contributed by atoms with Gasteiger partial charge in [-0.05, 0) is 44.6 Å². The Morgan fingerprint density at radius 3 is 1.88 bits per heavy atom. The highest BCUT2D eigenvalue weighted by Gasteiger charge is 2.19. The van der Waals surface area contributed by atoms with Gasteiger partial charge in [0.2, 0.25) is 0 Å². The largest absolute Gasteiger partial charge is 0.143 e. The number of rotatable bonds is 2. The van der Waals surface area contributed by atoms with Crippen LogP contribution in [0.4, 0.5) is 0 Å². The molecule has 0 saturated carbocycles. The molecule has 0 amide bonds. The second-order valence-electron chi connectivity index (χ2n) is 5.94. The summed E-state index contributed by atoms with van der Waals surface area (Å²) >= 11 is 7.36. The van der Waals surface area contributed by atoms with Crippen molar-refractivity contribution >= 4 is 58.8 Å². The maximum absolute atomic E-state index is 3.71. The zero-order valence-corrected chi connectivity index (χ0v) is 16.4. The average Bonchev–Trinajstić information content (AvgIpc) is 3.28. The molecule has 0 bridgehead atoms. The van der Waals surface area contributed by atoms with E-state index in [1.54, 1.807) is 0 Å². The lowest BCUT2D eigenvalue weighted by atomic mass is 9.92. The van der Waals surface area contributed by atoms with Gasteiger partial charge in [-0.1, -0.05) is 60.7 Å². The van der Waals surface area contributed by atoms with E-state index in [0.29, 0.717) is 0 Å². The predicted molar refractivity (Wildman–Crippen MR) is 116 cm³/mol. The van der Waals surface area contributed by atoms with Crippen LogP contribution in [0.1, 0.15) is 0 Å². The molecule has 5 aromatic rings. The summed E-state index contributed by atoms with van der Waals surface area (Å²) < 4.78 is 3.89. The average molecular weight is 421 g/mol. The number of hydrogen-bond donors (Lipinski definition) is 0. The van der Waals surface area contributed by atoms with E-state index in [1.807, 2.05) is 22.7 Å². The van der Waals surface area contributed by atoms with Crippen molar-refractivity contribution in [2.75, 3.05) is 0 Å². The summed E-state index contributed by atoms with van der Waals surface area (Å²) in [5, 5.41) is 4.89. The third-order valence-electron chi connectivity index (χ3n) is 4.49. The Kier molecular flexibility index (Phi) is 3.74. The van der Waals surface area contributed by atoms with Gasteiger partial charge in [-0.15, -0.1) is 22.7 Å². The fourth-order valence-corrected chi connectivity index (χ4v) is 6.12. The van der Waals surface area contributed by atoms with Crippen molar-refractivity contribution in [3.05, 3.63) is 82.0 Å². The molecule has 0 aliphatic heterocycles. The van der Waals surface area contributed by atoms with Gasteiger partial charge in [-0.25, -0.2) is 0 Å². The molecule has 3 heteroatoms. The Morgan fingerprint density at radius 1 is 0.640 bits per heavy atom. The number of benzene rings is 3. The standard InChI is InChI=1S/C22H13BrS2/c23-18-13-17-16-11-12-24-21(16)19(14-7-3-1-4-8-14)20(22(17)25-18)15-9-5-2-6-10-15/h1-13H. The lowest BCUT2D eigenvalue weighted by Crippen LogP contribution is -1.87. The molecule has 0 nitrogen and oxygen atoms in total. The van der Waals surface area contributed by atoms with Crippen LogP contribution in [0.5, 0.6) is 0 Å². The van der Waals surface area contributed by atoms with Crippen molar-refractivity contribution in [1.82, 2.24) is 0 Å². The van der Waals surface area contributed by atoms with Crippen LogP contribution < -0.4 is 0 Å². The number of halogens is 1. The lowest BCUT2D eigenvalue weighted by Gasteiger charge is -2.14. The zero-order valence-electron chi connectivity index (χ0n) is 13.2. The quantitative estimate of drug-likeness (QED) is 0.269. The molecule has 0 saturated heterocycles. The van der Waals surface area contributed by atoms with Crippen LogP contribution in [0.3, 0.4) is 0 Å². The van der Waals surface area contributed by atoms with Crippen LogP contribution >= 0.6 is 38.6 Å². The Bertz CT molecular complexity index is 1180. The van der Waals surface area contributed by atoms with E-state index in [-0.39, 0.29) is 0 Å². The molecule has 0 N–H and O–H groups in total. The summed E-state index contributed by atoms with van der Waals surface area (Å²) in [4.78, 5) is 0. The minimum Gasteiger partial charge on any atom is -0.143 e. The molecule has 0 atom stereocenters. The van der Waals surface area contributed by atoms with Crippen molar-refractivity contribution in [2.45, 2.75) is 0 Å². The van der Waals surface area contributed by atoms with Crippen LogP contribution in [0.2, 0.25) is 0 Å². The van der Waals surface area contributed by atoms with Crippen LogP contribution in [-0.4, -0.2) is 0 Å². The summed E-state index contributed by atoms with van der Waals surface area (Å²) in [7, 11) is 0. The Labute approximate surface area is 162 Å². The van der Waals surface area contributed by atoms with E-state index in [9.17, 15) is 0 Å². The third kappa shape index (κ3) is 2.46. The molecule has 25 heavy (non-hydrogen) atoms. The summed E-state index contributed by atoms with van der Waals surface area (Å²) in [5.74, 6) is 0. The maximum atomic E-state index is 3.71. The molecule has 0 aliphatic rings. The molecule has 5 rings (SSSR count). The Balaban J connectivity index is 2.03. The molecular weight excluding hydrogens is 408 g/mol. The summed E-state index contributed by atoms with van der Waals surface area (Å²) in [6.45, 7) is 0. The predicted octanol–water partition coefficient (Wildman–Crippen LogP) is 8.21. The Morgan fingerprint density at radius 2 is 1.24 bits per heavy atom. The first-order valence-corrected chi connectivity index (χ1v) is 10.5. The molecule has 3 aromatic carbocycles. The fourth-order valence-electron chi connectivity index (χ4n) is 3.45. The molecule has 0 fully saturated rings. The SMILES string of the molecule is Brc1cc2c(s1)c(-c1ccccc1)c(-c1ccccc1)c1sccc12. The van der Waals surface area contributed by atoms with Crippen molar-refractivity contribution in [3.63, 3.8) is 0 Å². The van der Waals surface area contributed by atoms with Gasteiger partial charge in [0.15, 0.2) is 0 Å². The summed E-state index contributed by atoms with van der Waals surface area (Å²) in [5.41, 5.74) is 5.24. The van der Waals surface area contributed by atoms with Gasteiger partial charge in [0.05, 0.1) is 3.79 Å². The van der Waals surface area contributed by atoms with Gasteiger partial charge in [-0.3, -0.25) is 0 Å². The van der Waals surface area contributed by atoms with E-state index in [1.165, 1.54) is 46.2 Å². The van der Waals surface area contributed by atoms with Gasteiger partial charge in [0.25, 0.3) is 0 Å². The normalized spacial score (nSPS) is 11.4. The van der Waals surface area contributed by atoms with Gasteiger partial charge >= 0.3 is 0 Å². The van der Waals surface area contributed by atoms with Crippen LogP contribution in [0, 0.1) is 0 Å². The van der Waals surface area contributed by atoms with Gasteiger partial charge < -0.3 is 0 Å². The lowest BCUT2D eigenvalue weighted by molar-refractivity contribution is 1.65. The van der Waals surface area contributed by atoms with Crippen molar-refractivity contribution in [3.8, 4) is 22.3 Å². The molecule has 0 aliphatic carbocycles. The highest BCUT2D eigenvalue weighted by atomic mass is 79.9. The van der Waals surface area contributed by atoms with Gasteiger partial charge in [0, 0.05) is 31.3 Å².